The van der Waals surface area contributed by atoms with E-state index in [0.29, 0.717) is 126 Å². The van der Waals surface area contributed by atoms with E-state index < -0.39 is 11.6 Å². The van der Waals surface area contributed by atoms with Crippen LogP contribution in [0, 0.1) is 32.4 Å². The van der Waals surface area contributed by atoms with Gasteiger partial charge in [-0.05, 0) is 70.5 Å². The van der Waals surface area contributed by atoms with Gasteiger partial charge in [0.1, 0.15) is 22.9 Å². The van der Waals surface area contributed by atoms with Gasteiger partial charge < -0.3 is 48.9 Å². The number of ether oxygens (including phenoxy) is 6. The van der Waals surface area contributed by atoms with Gasteiger partial charge >= 0.3 is 0 Å². The van der Waals surface area contributed by atoms with Gasteiger partial charge in [-0.15, -0.1) is 11.3 Å². The van der Waals surface area contributed by atoms with Crippen molar-refractivity contribution in [1.29, 1.82) is 0 Å². The maximum absolute atomic E-state index is 15.1. The fourth-order valence-corrected chi connectivity index (χ4v) is 9.15. The molecular formula is C54H70F2N12O9S. The summed E-state index contributed by atoms with van der Waals surface area (Å²) in [4.78, 5) is 65.1. The first-order chi connectivity index (χ1) is 37.8. The number of imidazole rings is 1. The SMILES string of the molecule is Cc1nc(NC(=O)c2ccccc2NC(=O)CCOCCOCCOCCOCCOCCOCCNC(=O)CN2CCN(Cc3ccc(Nc4ncc(F)c(-c5cc(F)c6nc(C)n(C(C)C)c6c5)n4)nc3)CC2)sc1C. The second-order valence-corrected chi connectivity index (χ2v) is 19.8. The number of nitrogens with zero attached hydrogens (tertiary/aromatic N) is 8. The van der Waals surface area contributed by atoms with E-state index in [-0.39, 0.29) is 59.5 Å². The van der Waals surface area contributed by atoms with Gasteiger partial charge in [-0.3, -0.25) is 29.5 Å². The lowest BCUT2D eigenvalue weighted by molar-refractivity contribution is -0.123. The van der Waals surface area contributed by atoms with Gasteiger partial charge in [0.05, 0.1) is 121 Å². The predicted molar refractivity (Wildman–Crippen MR) is 292 cm³/mol. The minimum absolute atomic E-state index is 0.0293. The molecule has 1 saturated heterocycles. The first-order valence-corrected chi connectivity index (χ1v) is 26.9. The van der Waals surface area contributed by atoms with Crippen molar-refractivity contribution in [2.75, 3.05) is 135 Å². The number of thiazole rings is 1. The third kappa shape index (κ3) is 18.3. The molecule has 6 aromatic rings. The molecule has 4 N–H and O–H groups in total. The Morgan fingerprint density at radius 3 is 1.96 bits per heavy atom. The number of aromatic nitrogens is 6. The fourth-order valence-electron chi connectivity index (χ4n) is 8.34. The maximum atomic E-state index is 15.1. The number of halogens is 2. The lowest BCUT2D eigenvalue weighted by Gasteiger charge is -2.34. The molecule has 1 aliphatic rings. The summed E-state index contributed by atoms with van der Waals surface area (Å²) >= 11 is 1.40. The number of hydrogen-bond acceptors (Lipinski definition) is 18. The summed E-state index contributed by atoms with van der Waals surface area (Å²) in [5, 5.41) is 12.1. The average molecular weight is 1100 g/mol. The molecule has 5 heterocycles. The van der Waals surface area contributed by atoms with E-state index >= 15 is 8.78 Å². The van der Waals surface area contributed by atoms with E-state index in [9.17, 15) is 14.4 Å². The summed E-state index contributed by atoms with van der Waals surface area (Å²) in [6.07, 6.45) is 2.95. The van der Waals surface area contributed by atoms with Crippen molar-refractivity contribution in [2.24, 2.45) is 0 Å². The number of rotatable bonds is 32. The van der Waals surface area contributed by atoms with Crippen molar-refractivity contribution >= 4 is 62.7 Å². The minimum Gasteiger partial charge on any atom is -0.379 e. The number of nitrogens with one attached hydrogen (secondary N) is 4. The van der Waals surface area contributed by atoms with Gasteiger partial charge in [0.15, 0.2) is 16.8 Å². The molecule has 24 heteroatoms. The van der Waals surface area contributed by atoms with Gasteiger partial charge in [-0.1, -0.05) is 18.2 Å². The van der Waals surface area contributed by atoms with Gasteiger partial charge in [0.25, 0.3) is 5.91 Å². The van der Waals surface area contributed by atoms with E-state index in [1.807, 2.05) is 51.3 Å². The van der Waals surface area contributed by atoms with E-state index in [2.05, 4.69) is 56.0 Å². The zero-order chi connectivity index (χ0) is 55.2. The number of fused-ring (bicyclic) bond motifs is 1. The van der Waals surface area contributed by atoms with Crippen molar-refractivity contribution in [1.82, 2.24) is 44.6 Å². The van der Waals surface area contributed by atoms with Gasteiger partial charge in [0, 0.05) is 61.9 Å². The number of pyridine rings is 1. The molecule has 0 saturated carbocycles. The highest BCUT2D eigenvalue weighted by Crippen LogP contribution is 2.31. The monoisotopic (exact) mass is 1100 g/mol. The van der Waals surface area contributed by atoms with Crippen LogP contribution in [-0.2, 0) is 44.6 Å². The number of carbonyl (C=O) groups is 3. The Morgan fingerprint density at radius 2 is 1.33 bits per heavy atom. The van der Waals surface area contributed by atoms with E-state index in [0.717, 1.165) is 48.5 Å². The molecule has 78 heavy (non-hydrogen) atoms. The van der Waals surface area contributed by atoms with Gasteiger partial charge in [0.2, 0.25) is 17.8 Å². The molecule has 3 amide bonds. The normalized spacial score (nSPS) is 13.1. The third-order valence-electron chi connectivity index (χ3n) is 12.4. The second-order valence-electron chi connectivity index (χ2n) is 18.6. The zero-order valence-corrected chi connectivity index (χ0v) is 45.7. The molecule has 420 valence electrons. The van der Waals surface area contributed by atoms with Crippen LogP contribution in [0.1, 0.15) is 58.6 Å². The molecule has 0 unspecified atom stereocenters. The number of piperazine rings is 1. The van der Waals surface area contributed by atoms with Gasteiger partial charge in [-0.25, -0.2) is 33.7 Å². The first-order valence-electron chi connectivity index (χ1n) is 26.1. The van der Waals surface area contributed by atoms with Crippen LogP contribution in [0.25, 0.3) is 22.3 Å². The van der Waals surface area contributed by atoms with E-state index in [4.69, 9.17) is 28.4 Å². The molecule has 4 aromatic heterocycles. The molecule has 0 aliphatic carbocycles. The number of benzene rings is 2. The van der Waals surface area contributed by atoms with Gasteiger partial charge in [-0.2, -0.15) is 0 Å². The Bertz CT molecular complexity index is 2860. The predicted octanol–water partition coefficient (Wildman–Crippen LogP) is 6.49. The number of carbonyl (C=O) groups excluding carboxylic acids is 3. The summed E-state index contributed by atoms with van der Waals surface area (Å²) in [6.45, 7) is 18.7. The lowest BCUT2D eigenvalue weighted by Crippen LogP contribution is -2.49. The quantitative estimate of drug-likeness (QED) is 0.0331. The summed E-state index contributed by atoms with van der Waals surface area (Å²) < 4.78 is 65.4. The number of amides is 3. The number of anilines is 4. The highest BCUT2D eigenvalue weighted by molar-refractivity contribution is 7.15. The van der Waals surface area contributed by atoms with Crippen LogP contribution in [0.4, 0.5) is 31.4 Å². The largest absolute Gasteiger partial charge is 0.379 e. The van der Waals surface area contributed by atoms with Crippen molar-refractivity contribution in [3.05, 3.63) is 100 Å². The van der Waals surface area contributed by atoms with E-state index in [1.54, 1.807) is 36.5 Å². The number of aryl methyl sites for hydroxylation is 3. The molecule has 21 nitrogen and oxygen atoms in total. The Hall–Kier alpha value is -6.48. The first kappa shape index (κ1) is 59.2. The van der Waals surface area contributed by atoms with Crippen molar-refractivity contribution in [3.63, 3.8) is 0 Å². The Labute approximate surface area is 456 Å². The van der Waals surface area contributed by atoms with E-state index in [1.165, 1.54) is 17.4 Å². The maximum Gasteiger partial charge on any atom is 0.259 e. The lowest BCUT2D eigenvalue weighted by atomic mass is 10.1. The molecule has 0 radical (unpaired) electrons. The molecule has 2 aromatic carbocycles. The fraction of sp³-hybridized carbons (Fsp3) is 0.481. The van der Waals surface area contributed by atoms with Crippen LogP contribution in [-0.4, -0.2) is 176 Å². The number of hydrogen-bond donors (Lipinski definition) is 4. The van der Waals surface area contributed by atoms with Crippen LogP contribution in [0.15, 0.2) is 60.9 Å². The molecule has 0 spiro atoms. The number of para-hydroxylation sites is 1. The molecule has 0 bridgehead atoms. The van der Waals surface area contributed by atoms with Crippen molar-refractivity contribution < 1.29 is 51.6 Å². The smallest absolute Gasteiger partial charge is 0.259 e. The second kappa shape index (κ2) is 30.6. The van der Waals surface area contributed by atoms with Crippen molar-refractivity contribution in [2.45, 2.75) is 53.6 Å². The van der Waals surface area contributed by atoms with Crippen LogP contribution in [0.2, 0.25) is 0 Å². The van der Waals surface area contributed by atoms with Crippen LogP contribution >= 0.6 is 11.3 Å². The highest BCUT2D eigenvalue weighted by Gasteiger charge is 2.22. The van der Waals surface area contributed by atoms with Crippen LogP contribution < -0.4 is 21.3 Å². The third-order valence-corrected chi connectivity index (χ3v) is 13.3. The highest BCUT2D eigenvalue weighted by atomic mass is 32.1. The topological polar surface area (TPSA) is 231 Å². The summed E-state index contributed by atoms with van der Waals surface area (Å²) in [6, 6.07) is 13.5. The molecule has 0 atom stereocenters. The average Bonchev–Trinajstić information content (AvgIpc) is 3.99. The molecule has 7 rings (SSSR count). The standard InChI is InChI=1S/C54H70F2N12O9S/c1-36(2)68-39(5)61-51-43(55)30-41(31-46(51)68)50-44(56)33-59-53(64-50)63-47-11-10-40(32-58-47)34-66-14-16-67(17-15-66)35-49(70)57-13-19-73-21-23-75-25-27-77-29-28-76-26-24-74-22-20-72-18-12-48(69)62-45-9-7-6-8-42(45)52(71)65-54-60-37(3)38(4)78-54/h6-11,30-33,36H,12-29,34-35H2,1-5H3,(H,57,70)(H,62,69)(H,60,65,71)(H,58,59,63,64). The van der Waals surface area contributed by atoms with Crippen LogP contribution in [0.5, 0.6) is 0 Å². The van der Waals surface area contributed by atoms with Crippen molar-refractivity contribution in [3.8, 4) is 11.3 Å². The summed E-state index contributed by atoms with van der Waals surface area (Å²) in [5.41, 5.74) is 3.67. The summed E-state index contributed by atoms with van der Waals surface area (Å²) in [7, 11) is 0. The Balaban J connectivity index is 0.633. The molecule has 1 fully saturated rings. The zero-order valence-electron chi connectivity index (χ0n) is 44.9. The summed E-state index contributed by atoms with van der Waals surface area (Å²) in [5.74, 6) is -0.630. The Kier molecular flexibility index (Phi) is 23.2. The Morgan fingerprint density at radius 1 is 0.692 bits per heavy atom. The van der Waals surface area contributed by atoms with Crippen LogP contribution in [0.3, 0.4) is 0 Å². The molecular weight excluding hydrogens is 1030 g/mol. The molecule has 1 aliphatic heterocycles. The minimum atomic E-state index is -0.678.